The van der Waals surface area contributed by atoms with E-state index >= 15 is 0 Å². The molecule has 94 valence electrons. The van der Waals surface area contributed by atoms with Crippen LogP contribution in [0.1, 0.15) is 26.6 Å². The molecule has 0 saturated carbocycles. The van der Waals surface area contributed by atoms with Crippen LogP contribution in [-0.2, 0) is 22.5 Å². The number of esters is 1. The first kappa shape index (κ1) is 13.4. The lowest BCUT2D eigenvalue weighted by Crippen LogP contribution is -2.31. The Labute approximate surface area is 101 Å². The number of ether oxygens (including phenoxy) is 1. The molecule has 0 saturated heterocycles. The summed E-state index contributed by atoms with van der Waals surface area (Å²) in [6, 6.07) is 0. The monoisotopic (exact) mass is 237 g/mol. The van der Waals surface area contributed by atoms with E-state index in [0.717, 1.165) is 12.4 Å². The first-order valence-corrected chi connectivity index (χ1v) is 5.75. The number of aryl methyl sites for hydroxylation is 1. The molecule has 1 unspecified atom stereocenters. The van der Waals surface area contributed by atoms with Gasteiger partial charge in [-0.15, -0.1) is 6.58 Å². The van der Waals surface area contributed by atoms with Crippen molar-refractivity contribution in [3.63, 3.8) is 0 Å². The van der Waals surface area contributed by atoms with Crippen molar-refractivity contribution in [3.05, 3.63) is 24.8 Å². The van der Waals surface area contributed by atoms with E-state index in [2.05, 4.69) is 16.7 Å². The Kier molecular flexibility index (Phi) is 4.43. The van der Waals surface area contributed by atoms with Gasteiger partial charge in [-0.1, -0.05) is 6.08 Å². The highest BCUT2D eigenvalue weighted by atomic mass is 16.5. The predicted octanol–water partition coefficient (Wildman–Crippen LogP) is 1.60. The molecule has 0 N–H and O–H groups in total. The molecule has 0 spiro atoms. The summed E-state index contributed by atoms with van der Waals surface area (Å²) in [5, 5.41) is 4.08. The van der Waals surface area contributed by atoms with E-state index in [9.17, 15) is 4.79 Å². The Morgan fingerprint density at radius 3 is 2.88 bits per heavy atom. The fraction of sp³-hybridized carbons (Fsp3) is 0.583. The van der Waals surface area contributed by atoms with Crippen molar-refractivity contribution in [2.45, 2.75) is 33.7 Å². The molecule has 5 heteroatoms. The minimum atomic E-state index is -0.754. The molecular formula is C12H19N3O2. The number of carbonyl (C=O) groups is 1. The number of nitrogens with zero attached hydrogens (tertiary/aromatic N) is 3. The van der Waals surface area contributed by atoms with Crippen LogP contribution in [0.5, 0.6) is 0 Å². The SMILES string of the molecule is C=CC(C)(Cc1ncnn1CC)C(=O)OCC. The van der Waals surface area contributed by atoms with E-state index in [0.29, 0.717) is 13.0 Å². The zero-order chi connectivity index (χ0) is 12.9. The Morgan fingerprint density at radius 2 is 2.35 bits per heavy atom. The van der Waals surface area contributed by atoms with Crippen LogP contribution in [0.15, 0.2) is 19.0 Å². The van der Waals surface area contributed by atoms with Crippen molar-refractivity contribution in [1.29, 1.82) is 0 Å². The molecule has 0 aliphatic rings. The summed E-state index contributed by atoms with van der Waals surface area (Å²) in [4.78, 5) is 16.0. The first-order valence-electron chi connectivity index (χ1n) is 5.75. The van der Waals surface area contributed by atoms with Crippen LogP contribution in [0.3, 0.4) is 0 Å². The van der Waals surface area contributed by atoms with Crippen LogP contribution in [0.2, 0.25) is 0 Å². The number of carbonyl (C=O) groups excluding carboxylic acids is 1. The third-order valence-corrected chi connectivity index (χ3v) is 2.71. The summed E-state index contributed by atoms with van der Waals surface area (Å²) < 4.78 is 6.82. The summed E-state index contributed by atoms with van der Waals surface area (Å²) in [5.74, 6) is 0.489. The number of rotatable bonds is 6. The van der Waals surface area contributed by atoms with Gasteiger partial charge in [0.1, 0.15) is 12.2 Å². The maximum atomic E-state index is 11.9. The summed E-state index contributed by atoms with van der Waals surface area (Å²) in [6.07, 6.45) is 3.55. The largest absolute Gasteiger partial charge is 0.465 e. The van der Waals surface area contributed by atoms with Gasteiger partial charge in [0, 0.05) is 13.0 Å². The van der Waals surface area contributed by atoms with Crippen LogP contribution >= 0.6 is 0 Å². The van der Waals surface area contributed by atoms with Crippen molar-refractivity contribution in [3.8, 4) is 0 Å². The lowest BCUT2D eigenvalue weighted by atomic mass is 9.86. The normalized spacial score (nSPS) is 14.1. The third-order valence-electron chi connectivity index (χ3n) is 2.71. The Bertz CT molecular complexity index is 400. The number of hydrogen-bond donors (Lipinski definition) is 0. The lowest BCUT2D eigenvalue weighted by Gasteiger charge is -2.22. The van der Waals surface area contributed by atoms with Gasteiger partial charge in [0.25, 0.3) is 0 Å². The highest BCUT2D eigenvalue weighted by Crippen LogP contribution is 2.24. The molecule has 5 nitrogen and oxygen atoms in total. The van der Waals surface area contributed by atoms with Gasteiger partial charge in [-0.2, -0.15) is 5.10 Å². The van der Waals surface area contributed by atoms with Crippen molar-refractivity contribution >= 4 is 5.97 Å². The van der Waals surface area contributed by atoms with Gasteiger partial charge in [0.15, 0.2) is 0 Å². The molecule has 1 heterocycles. The number of hydrogen-bond acceptors (Lipinski definition) is 4. The average molecular weight is 237 g/mol. The summed E-state index contributed by atoms with van der Waals surface area (Å²) in [7, 11) is 0. The standard InChI is InChI=1S/C12H19N3O2/c1-5-12(4,11(16)17-7-3)8-10-13-9-14-15(10)6-2/h5,9H,1,6-8H2,2-4H3. The molecule has 17 heavy (non-hydrogen) atoms. The second-order valence-electron chi connectivity index (χ2n) is 4.01. The van der Waals surface area contributed by atoms with Crippen molar-refractivity contribution in [2.24, 2.45) is 5.41 Å². The Hall–Kier alpha value is -1.65. The van der Waals surface area contributed by atoms with E-state index in [4.69, 9.17) is 4.74 Å². The summed E-state index contributed by atoms with van der Waals surface area (Å²) >= 11 is 0. The highest BCUT2D eigenvalue weighted by Gasteiger charge is 2.33. The smallest absolute Gasteiger partial charge is 0.316 e. The topological polar surface area (TPSA) is 57.0 Å². The quantitative estimate of drug-likeness (QED) is 0.557. The minimum Gasteiger partial charge on any atom is -0.465 e. The van der Waals surface area contributed by atoms with Crippen molar-refractivity contribution < 1.29 is 9.53 Å². The average Bonchev–Trinajstić information content (AvgIpc) is 2.76. The van der Waals surface area contributed by atoms with Gasteiger partial charge >= 0.3 is 5.97 Å². The van der Waals surface area contributed by atoms with Gasteiger partial charge in [-0.3, -0.25) is 9.48 Å². The van der Waals surface area contributed by atoms with E-state index in [1.54, 1.807) is 24.6 Å². The van der Waals surface area contributed by atoms with E-state index in [1.165, 1.54) is 6.33 Å². The van der Waals surface area contributed by atoms with Crippen LogP contribution < -0.4 is 0 Å². The van der Waals surface area contributed by atoms with Gasteiger partial charge in [0.05, 0.1) is 12.0 Å². The van der Waals surface area contributed by atoms with Crippen molar-refractivity contribution in [1.82, 2.24) is 14.8 Å². The second kappa shape index (κ2) is 5.61. The van der Waals surface area contributed by atoms with Gasteiger partial charge < -0.3 is 4.74 Å². The van der Waals surface area contributed by atoms with Crippen LogP contribution in [-0.4, -0.2) is 27.3 Å². The minimum absolute atomic E-state index is 0.277. The molecule has 0 amide bonds. The third kappa shape index (κ3) is 2.93. The predicted molar refractivity (Wildman–Crippen MR) is 64.3 cm³/mol. The van der Waals surface area contributed by atoms with E-state index < -0.39 is 5.41 Å². The van der Waals surface area contributed by atoms with Crippen LogP contribution in [0, 0.1) is 5.41 Å². The molecule has 0 radical (unpaired) electrons. The van der Waals surface area contributed by atoms with Gasteiger partial charge in [0.2, 0.25) is 0 Å². The first-order chi connectivity index (χ1) is 8.07. The maximum absolute atomic E-state index is 11.9. The summed E-state index contributed by atoms with van der Waals surface area (Å²) in [5.41, 5.74) is -0.754. The second-order valence-corrected chi connectivity index (χ2v) is 4.01. The molecule has 1 aromatic heterocycles. The van der Waals surface area contributed by atoms with Crippen LogP contribution in [0.25, 0.3) is 0 Å². The molecule has 1 aromatic rings. The molecule has 0 aliphatic carbocycles. The lowest BCUT2D eigenvalue weighted by molar-refractivity contribution is -0.151. The van der Waals surface area contributed by atoms with Gasteiger partial charge in [-0.05, 0) is 20.8 Å². The summed E-state index contributed by atoms with van der Waals surface area (Å²) in [6.45, 7) is 10.4. The zero-order valence-corrected chi connectivity index (χ0v) is 10.6. The number of aromatic nitrogens is 3. The molecule has 0 aliphatic heterocycles. The Balaban J connectivity index is 2.89. The molecule has 0 fully saturated rings. The maximum Gasteiger partial charge on any atom is 0.316 e. The van der Waals surface area contributed by atoms with E-state index in [-0.39, 0.29) is 5.97 Å². The molecule has 0 bridgehead atoms. The van der Waals surface area contributed by atoms with Gasteiger partial charge in [-0.25, -0.2) is 4.98 Å². The molecular weight excluding hydrogens is 218 g/mol. The van der Waals surface area contributed by atoms with E-state index in [1.807, 2.05) is 6.92 Å². The van der Waals surface area contributed by atoms with Crippen LogP contribution in [0.4, 0.5) is 0 Å². The fourth-order valence-electron chi connectivity index (χ4n) is 1.54. The molecule has 1 rings (SSSR count). The fourth-order valence-corrected chi connectivity index (χ4v) is 1.54. The zero-order valence-electron chi connectivity index (χ0n) is 10.6. The molecule has 1 atom stereocenters. The van der Waals surface area contributed by atoms with Crippen molar-refractivity contribution in [2.75, 3.05) is 6.61 Å². The molecule has 0 aromatic carbocycles. The highest BCUT2D eigenvalue weighted by molar-refractivity contribution is 5.78. The Morgan fingerprint density at radius 1 is 1.65 bits per heavy atom.